The van der Waals surface area contributed by atoms with Crippen LogP contribution in [0.25, 0.3) is 0 Å². The van der Waals surface area contributed by atoms with Crippen LogP contribution in [-0.4, -0.2) is 23.7 Å². The van der Waals surface area contributed by atoms with Crippen molar-refractivity contribution < 1.29 is 9.84 Å². The van der Waals surface area contributed by atoms with Crippen LogP contribution in [0.3, 0.4) is 0 Å². The van der Waals surface area contributed by atoms with E-state index in [4.69, 9.17) is 4.74 Å². The van der Waals surface area contributed by atoms with Crippen molar-refractivity contribution in [2.24, 2.45) is 10.9 Å². The van der Waals surface area contributed by atoms with Crippen molar-refractivity contribution in [1.82, 2.24) is 0 Å². The Kier molecular flexibility index (Phi) is 2.86. The zero-order valence-corrected chi connectivity index (χ0v) is 9.90. The maximum absolute atomic E-state index is 9.62. The first-order chi connectivity index (χ1) is 7.58. The number of hydrogen-bond acceptors (Lipinski definition) is 3. The van der Waals surface area contributed by atoms with Gasteiger partial charge in [-0.25, -0.2) is 4.99 Å². The highest BCUT2D eigenvalue weighted by Crippen LogP contribution is 2.22. The normalized spacial score (nSPS) is 19.8. The molecule has 16 heavy (non-hydrogen) atoms. The average molecular weight is 219 g/mol. The summed E-state index contributed by atoms with van der Waals surface area (Å²) in [5.41, 5.74) is 1.72. The summed E-state index contributed by atoms with van der Waals surface area (Å²) < 4.78 is 5.55. The number of aryl methyl sites for hydroxylation is 1. The summed E-state index contributed by atoms with van der Waals surface area (Å²) in [5, 5.41) is 9.62. The van der Waals surface area contributed by atoms with Crippen LogP contribution in [0.4, 0.5) is 0 Å². The molecule has 0 spiro atoms. The van der Waals surface area contributed by atoms with Crippen LogP contribution in [0.15, 0.2) is 23.2 Å². The molecule has 86 valence electrons. The van der Waals surface area contributed by atoms with Crippen molar-refractivity contribution in [3.63, 3.8) is 0 Å². The Bertz CT molecular complexity index is 424. The number of aromatic hydroxyl groups is 1. The Balaban J connectivity index is 2.25. The second-order valence-electron chi connectivity index (χ2n) is 4.56. The van der Waals surface area contributed by atoms with Crippen LogP contribution in [-0.2, 0) is 4.74 Å². The molecule has 2 rings (SSSR count). The van der Waals surface area contributed by atoms with Gasteiger partial charge >= 0.3 is 0 Å². The van der Waals surface area contributed by atoms with Gasteiger partial charge < -0.3 is 9.84 Å². The highest BCUT2D eigenvalue weighted by Gasteiger charge is 2.22. The first kappa shape index (κ1) is 11.0. The van der Waals surface area contributed by atoms with E-state index in [-0.39, 0.29) is 11.8 Å². The molecule has 1 unspecified atom stereocenters. The van der Waals surface area contributed by atoms with E-state index in [2.05, 4.69) is 18.8 Å². The predicted molar refractivity (Wildman–Crippen MR) is 64.0 cm³/mol. The van der Waals surface area contributed by atoms with E-state index in [9.17, 15) is 5.11 Å². The van der Waals surface area contributed by atoms with Gasteiger partial charge in [0, 0.05) is 5.56 Å². The maximum atomic E-state index is 9.62. The fraction of sp³-hybridized carbons (Fsp3) is 0.462. The van der Waals surface area contributed by atoms with Crippen LogP contribution < -0.4 is 0 Å². The molecule has 0 aliphatic carbocycles. The van der Waals surface area contributed by atoms with Crippen LogP contribution in [0.1, 0.15) is 25.0 Å². The smallest absolute Gasteiger partial charge is 0.216 e. The third kappa shape index (κ3) is 2.03. The van der Waals surface area contributed by atoms with Crippen molar-refractivity contribution in [3.8, 4) is 5.75 Å². The lowest BCUT2D eigenvalue weighted by Gasteiger charge is -2.06. The number of ether oxygens (including phenoxy) is 1. The number of hydrogen-bond donors (Lipinski definition) is 1. The highest BCUT2D eigenvalue weighted by atomic mass is 16.5. The molecule has 0 saturated heterocycles. The first-order valence-electron chi connectivity index (χ1n) is 5.58. The highest BCUT2D eigenvalue weighted by molar-refractivity contribution is 5.95. The van der Waals surface area contributed by atoms with E-state index in [0.29, 0.717) is 18.4 Å². The Labute approximate surface area is 95.8 Å². The number of aliphatic imine (C=N–C) groups is 1. The van der Waals surface area contributed by atoms with Gasteiger partial charge in [-0.1, -0.05) is 19.9 Å². The summed E-state index contributed by atoms with van der Waals surface area (Å²) in [4.78, 5) is 4.51. The number of rotatable bonds is 2. The Morgan fingerprint density at radius 3 is 2.75 bits per heavy atom. The van der Waals surface area contributed by atoms with Crippen molar-refractivity contribution >= 4 is 5.90 Å². The van der Waals surface area contributed by atoms with E-state index in [1.807, 2.05) is 19.1 Å². The van der Waals surface area contributed by atoms with E-state index >= 15 is 0 Å². The molecule has 1 aromatic rings. The van der Waals surface area contributed by atoms with Crippen molar-refractivity contribution in [1.29, 1.82) is 0 Å². The first-order valence-corrected chi connectivity index (χ1v) is 5.58. The van der Waals surface area contributed by atoms with E-state index in [1.165, 1.54) is 0 Å². The molecule has 0 saturated carbocycles. The van der Waals surface area contributed by atoms with Gasteiger partial charge in [0.2, 0.25) is 5.90 Å². The van der Waals surface area contributed by atoms with Gasteiger partial charge in [-0.3, -0.25) is 0 Å². The second kappa shape index (κ2) is 4.16. The maximum Gasteiger partial charge on any atom is 0.216 e. The summed E-state index contributed by atoms with van der Waals surface area (Å²) in [6.07, 6.45) is 0. The molecule has 1 atom stereocenters. The van der Waals surface area contributed by atoms with Crippen LogP contribution >= 0.6 is 0 Å². The minimum Gasteiger partial charge on any atom is -0.508 e. The van der Waals surface area contributed by atoms with Crippen LogP contribution in [0.5, 0.6) is 5.75 Å². The van der Waals surface area contributed by atoms with Gasteiger partial charge in [0.15, 0.2) is 0 Å². The lowest BCUT2D eigenvalue weighted by molar-refractivity contribution is 0.291. The zero-order valence-electron chi connectivity index (χ0n) is 9.90. The third-order valence-electron chi connectivity index (χ3n) is 2.90. The number of phenols is 1. The summed E-state index contributed by atoms with van der Waals surface area (Å²) in [7, 11) is 0. The minimum atomic E-state index is 0.235. The fourth-order valence-corrected chi connectivity index (χ4v) is 1.63. The molecule has 3 heteroatoms. The largest absolute Gasteiger partial charge is 0.508 e. The Morgan fingerprint density at radius 1 is 1.44 bits per heavy atom. The minimum absolute atomic E-state index is 0.235. The lowest BCUT2D eigenvalue weighted by Crippen LogP contribution is -2.13. The van der Waals surface area contributed by atoms with Gasteiger partial charge in [-0.15, -0.1) is 0 Å². The Hall–Kier alpha value is -1.51. The molecule has 0 fully saturated rings. The Morgan fingerprint density at radius 2 is 2.19 bits per heavy atom. The lowest BCUT2D eigenvalue weighted by atomic mass is 10.1. The van der Waals surface area contributed by atoms with Crippen LogP contribution in [0.2, 0.25) is 0 Å². The molecule has 0 radical (unpaired) electrons. The fourth-order valence-electron chi connectivity index (χ4n) is 1.63. The summed E-state index contributed by atoms with van der Waals surface area (Å²) >= 11 is 0. The van der Waals surface area contributed by atoms with E-state index in [1.54, 1.807) is 6.07 Å². The molecule has 1 heterocycles. The van der Waals surface area contributed by atoms with Crippen molar-refractivity contribution in [2.45, 2.75) is 26.8 Å². The predicted octanol–water partition coefficient (Wildman–Crippen LogP) is 2.50. The topological polar surface area (TPSA) is 41.8 Å². The monoisotopic (exact) mass is 219 g/mol. The van der Waals surface area contributed by atoms with Gasteiger partial charge in [0.05, 0.1) is 6.04 Å². The average Bonchev–Trinajstić information content (AvgIpc) is 2.71. The molecule has 0 amide bonds. The standard InChI is InChI=1S/C13H17NO2/c1-8(2)11-7-16-13(14-11)10-5-4-9(3)12(15)6-10/h4-6,8,11,15H,7H2,1-3H3. The van der Waals surface area contributed by atoms with Gasteiger partial charge in [-0.05, 0) is 30.5 Å². The molecular weight excluding hydrogens is 202 g/mol. The third-order valence-corrected chi connectivity index (χ3v) is 2.90. The quantitative estimate of drug-likeness (QED) is 0.830. The van der Waals surface area contributed by atoms with Gasteiger partial charge in [0.25, 0.3) is 0 Å². The molecule has 1 aromatic carbocycles. The molecule has 0 aromatic heterocycles. The molecular formula is C13H17NO2. The molecule has 3 nitrogen and oxygen atoms in total. The summed E-state index contributed by atoms with van der Waals surface area (Å²) in [6.45, 7) is 6.77. The van der Waals surface area contributed by atoms with E-state index < -0.39 is 0 Å². The zero-order chi connectivity index (χ0) is 11.7. The summed E-state index contributed by atoms with van der Waals surface area (Å²) in [5.74, 6) is 1.42. The summed E-state index contributed by atoms with van der Waals surface area (Å²) in [6, 6.07) is 5.74. The number of benzene rings is 1. The SMILES string of the molecule is Cc1ccc(C2=NC(C(C)C)CO2)cc1O. The number of phenolic OH excluding ortho intramolecular Hbond substituents is 1. The van der Waals surface area contributed by atoms with Crippen molar-refractivity contribution in [3.05, 3.63) is 29.3 Å². The number of nitrogens with zero attached hydrogens (tertiary/aromatic N) is 1. The van der Waals surface area contributed by atoms with Gasteiger partial charge in [-0.2, -0.15) is 0 Å². The molecule has 1 aliphatic rings. The molecule has 1 aliphatic heterocycles. The molecule has 1 N–H and O–H groups in total. The van der Waals surface area contributed by atoms with Crippen molar-refractivity contribution in [2.75, 3.05) is 6.61 Å². The molecule has 0 bridgehead atoms. The second-order valence-corrected chi connectivity index (χ2v) is 4.56. The van der Waals surface area contributed by atoms with Gasteiger partial charge in [0.1, 0.15) is 12.4 Å². The van der Waals surface area contributed by atoms with Crippen LogP contribution in [0, 0.1) is 12.8 Å². The van der Waals surface area contributed by atoms with E-state index in [0.717, 1.165) is 11.1 Å².